The summed E-state index contributed by atoms with van der Waals surface area (Å²) in [5.41, 5.74) is -1.68. The Morgan fingerprint density at radius 3 is 2.93 bits per heavy atom. The minimum Gasteiger partial charge on any atom is -0.508 e. The van der Waals surface area contributed by atoms with Crippen LogP contribution in [0.2, 0.25) is 0 Å². The second-order valence-electron chi connectivity index (χ2n) is 12.2. The van der Waals surface area contributed by atoms with E-state index in [1.165, 1.54) is 36.5 Å². The van der Waals surface area contributed by atoms with E-state index in [0.717, 1.165) is 0 Å². The van der Waals surface area contributed by atoms with Crippen LogP contribution in [0.3, 0.4) is 0 Å². The fourth-order valence-electron chi connectivity index (χ4n) is 7.40. The van der Waals surface area contributed by atoms with Crippen LogP contribution in [-0.4, -0.2) is 88.3 Å². The second kappa shape index (κ2) is 10.5. The number of aromatic hydroxyl groups is 1. The van der Waals surface area contributed by atoms with Crippen molar-refractivity contribution in [1.29, 1.82) is 0 Å². The largest absolute Gasteiger partial charge is 0.508 e. The molecule has 0 amide bonds. The van der Waals surface area contributed by atoms with Gasteiger partial charge in [0.15, 0.2) is 5.82 Å². The van der Waals surface area contributed by atoms with Crippen LogP contribution in [0.25, 0.3) is 39.0 Å². The first-order chi connectivity index (χ1) is 22.5. The fraction of sp³-hybridized carbons (Fsp3) is 0.424. The minimum atomic E-state index is -2.47. The smallest absolute Gasteiger partial charge is 0.319 e. The van der Waals surface area contributed by atoms with E-state index in [1.807, 2.05) is 0 Å². The lowest BCUT2D eigenvalue weighted by molar-refractivity contribution is 0.107. The molecule has 12 heteroatoms. The third-order valence-corrected chi connectivity index (χ3v) is 9.58. The van der Waals surface area contributed by atoms with Crippen LogP contribution in [0.5, 0.6) is 11.8 Å². The van der Waals surface area contributed by atoms with Crippen LogP contribution < -0.4 is 9.64 Å². The maximum absolute atomic E-state index is 16.9. The predicted octanol–water partition coefficient (Wildman–Crippen LogP) is 5.60. The molecule has 1 saturated carbocycles. The SMILES string of the molecule is [2H]C([2H])(Oc1nc(N2CCOC[C@H]3[C@H](F)[C@H]32)c2cnc(-c3cc(O)cc4ccc(F)c(C=C)c34)c(F)c2n1)[C@@]12CCCN1C[C@H](F)C2. The highest BCUT2D eigenvalue weighted by molar-refractivity contribution is 6.04. The van der Waals surface area contributed by atoms with E-state index in [9.17, 15) is 18.3 Å². The first kappa shape index (κ1) is 26.2. The molecule has 3 aliphatic heterocycles. The molecule has 8 nitrogen and oxygen atoms in total. The van der Waals surface area contributed by atoms with Gasteiger partial charge in [0.05, 0.1) is 32.9 Å². The van der Waals surface area contributed by atoms with Crippen molar-refractivity contribution in [2.75, 3.05) is 44.3 Å². The summed E-state index contributed by atoms with van der Waals surface area (Å²) in [5, 5.41) is 11.3. The van der Waals surface area contributed by atoms with Gasteiger partial charge in [-0.1, -0.05) is 18.7 Å². The molecule has 4 aliphatic rings. The molecular formula is C33H31F4N5O3. The van der Waals surface area contributed by atoms with Crippen LogP contribution in [-0.2, 0) is 4.74 Å². The summed E-state index contributed by atoms with van der Waals surface area (Å²) in [6, 6.07) is 4.23. The molecule has 5 atom stereocenters. The molecule has 1 aliphatic carbocycles. The Kier molecular flexibility index (Phi) is 6.13. The Balaban J connectivity index is 1.32. The number of aromatic nitrogens is 3. The molecule has 2 aromatic heterocycles. The van der Waals surface area contributed by atoms with Gasteiger partial charge in [0.1, 0.15) is 47.5 Å². The lowest BCUT2D eigenvalue weighted by atomic mass is 9.95. The molecular weight excluding hydrogens is 590 g/mol. The maximum atomic E-state index is 16.9. The Morgan fingerprint density at radius 2 is 2.09 bits per heavy atom. The number of hydrogen-bond donors (Lipinski definition) is 1. The lowest BCUT2D eigenvalue weighted by Crippen LogP contribution is -2.43. The van der Waals surface area contributed by atoms with Crippen molar-refractivity contribution in [3.8, 4) is 23.0 Å². The fourth-order valence-corrected chi connectivity index (χ4v) is 7.40. The normalized spacial score (nSPS) is 28.8. The van der Waals surface area contributed by atoms with Crippen LogP contribution in [0.1, 0.15) is 27.6 Å². The van der Waals surface area contributed by atoms with Crippen LogP contribution >= 0.6 is 0 Å². The first-order valence-electron chi connectivity index (χ1n) is 16.0. The summed E-state index contributed by atoms with van der Waals surface area (Å²) < 4.78 is 90.8. The number of alkyl halides is 2. The highest BCUT2D eigenvalue weighted by Gasteiger charge is 2.56. The van der Waals surface area contributed by atoms with Crippen molar-refractivity contribution in [2.45, 2.75) is 43.2 Å². The Bertz CT molecular complexity index is 1950. The van der Waals surface area contributed by atoms with Gasteiger partial charge in [-0.15, -0.1) is 0 Å². The number of hydrogen-bond acceptors (Lipinski definition) is 8. The zero-order chi connectivity index (χ0) is 32.8. The summed E-state index contributed by atoms with van der Waals surface area (Å²) in [6.07, 6.45) is 1.10. The van der Waals surface area contributed by atoms with Crippen molar-refractivity contribution >= 4 is 33.6 Å². The molecule has 0 spiro atoms. The summed E-state index contributed by atoms with van der Waals surface area (Å²) >= 11 is 0. The summed E-state index contributed by atoms with van der Waals surface area (Å²) in [7, 11) is 0. The van der Waals surface area contributed by atoms with Gasteiger partial charge in [0.2, 0.25) is 0 Å². The number of halogens is 4. The molecule has 4 aromatic rings. The van der Waals surface area contributed by atoms with E-state index in [2.05, 4.69) is 21.5 Å². The van der Waals surface area contributed by atoms with E-state index in [4.69, 9.17) is 12.2 Å². The molecule has 5 heterocycles. The van der Waals surface area contributed by atoms with Crippen molar-refractivity contribution in [2.24, 2.45) is 5.92 Å². The van der Waals surface area contributed by atoms with Gasteiger partial charge in [-0.3, -0.25) is 9.88 Å². The monoisotopic (exact) mass is 623 g/mol. The van der Waals surface area contributed by atoms with E-state index in [0.29, 0.717) is 24.8 Å². The third kappa shape index (κ3) is 4.52. The Morgan fingerprint density at radius 1 is 1.22 bits per heavy atom. The number of rotatable bonds is 6. The van der Waals surface area contributed by atoms with Crippen LogP contribution in [0.15, 0.2) is 37.0 Å². The molecule has 234 valence electrons. The molecule has 45 heavy (non-hydrogen) atoms. The number of nitrogens with zero attached hydrogens (tertiary/aromatic N) is 5. The highest BCUT2D eigenvalue weighted by atomic mass is 19.1. The Labute approximate surface area is 259 Å². The molecule has 2 aromatic carbocycles. The first-order valence-corrected chi connectivity index (χ1v) is 15.0. The Hall–Kier alpha value is -4.03. The molecule has 0 bridgehead atoms. The molecule has 1 N–H and O–H groups in total. The van der Waals surface area contributed by atoms with E-state index < -0.39 is 54.0 Å². The number of phenols is 1. The zero-order valence-corrected chi connectivity index (χ0v) is 24.1. The molecule has 0 radical (unpaired) electrons. The van der Waals surface area contributed by atoms with Crippen LogP contribution in [0, 0.1) is 17.6 Å². The lowest BCUT2D eigenvalue weighted by Gasteiger charge is -2.31. The van der Waals surface area contributed by atoms with Crippen molar-refractivity contribution in [3.05, 3.63) is 54.2 Å². The topological polar surface area (TPSA) is 83.8 Å². The number of fused-ring (bicyclic) bond motifs is 4. The molecule has 4 fully saturated rings. The van der Waals surface area contributed by atoms with Gasteiger partial charge in [0, 0.05) is 48.1 Å². The van der Waals surface area contributed by atoms with Gasteiger partial charge in [-0.25, -0.2) is 17.6 Å². The van der Waals surface area contributed by atoms with E-state index in [-0.39, 0.29) is 77.4 Å². The second-order valence-corrected chi connectivity index (χ2v) is 12.2. The number of ether oxygens (including phenoxy) is 2. The van der Waals surface area contributed by atoms with Crippen molar-refractivity contribution in [1.82, 2.24) is 19.9 Å². The summed E-state index contributed by atoms with van der Waals surface area (Å²) in [4.78, 5) is 16.6. The van der Waals surface area contributed by atoms with E-state index >= 15 is 4.39 Å². The third-order valence-electron chi connectivity index (χ3n) is 9.58. The average Bonchev–Trinajstić information content (AvgIpc) is 3.39. The molecule has 0 unspecified atom stereocenters. The standard InChI is InChI=1S/C33H31F4N5O3/c1-2-20-24(35)5-4-17-10-19(43)11-21(25(17)20)28-27(37)29-22(13-38-28)31(42-8-9-44-15-23-26(36)30(23)42)40-32(39-29)45-16-33-6-3-7-41(33)14-18(34)12-33/h2,4-5,10-11,13,18,23,26,30,43H,1,3,6-9,12,14-16H2/t18-,23+,26+,30+,33+/m1/s1/i16D2. The molecule has 3 saturated heterocycles. The summed E-state index contributed by atoms with van der Waals surface area (Å²) in [5.74, 6) is -2.12. The van der Waals surface area contributed by atoms with Crippen molar-refractivity contribution in [3.63, 3.8) is 0 Å². The van der Waals surface area contributed by atoms with Crippen LogP contribution in [0.4, 0.5) is 23.4 Å². The number of anilines is 1. The van der Waals surface area contributed by atoms with Gasteiger partial charge in [0.25, 0.3) is 0 Å². The van der Waals surface area contributed by atoms with Crippen molar-refractivity contribution < 1.29 is 34.9 Å². The average molecular weight is 624 g/mol. The van der Waals surface area contributed by atoms with Gasteiger partial charge >= 0.3 is 6.01 Å². The predicted molar refractivity (Wildman–Crippen MR) is 161 cm³/mol. The number of pyridine rings is 1. The number of benzene rings is 2. The molecule has 8 rings (SSSR count). The highest BCUT2D eigenvalue weighted by Crippen LogP contribution is 2.46. The van der Waals surface area contributed by atoms with Gasteiger partial charge in [-0.05, 0) is 43.0 Å². The van der Waals surface area contributed by atoms with Gasteiger partial charge < -0.3 is 19.5 Å². The quantitative estimate of drug-likeness (QED) is 0.278. The number of phenolic OH excluding ortho intramolecular Hbond substituents is 1. The van der Waals surface area contributed by atoms with Gasteiger partial charge in [-0.2, -0.15) is 9.97 Å². The van der Waals surface area contributed by atoms with E-state index in [1.54, 1.807) is 9.80 Å². The summed E-state index contributed by atoms with van der Waals surface area (Å²) in [6.45, 7) is 2.50. The maximum Gasteiger partial charge on any atom is 0.319 e. The minimum absolute atomic E-state index is 0.0708. The zero-order valence-electron chi connectivity index (χ0n) is 26.1.